The van der Waals surface area contributed by atoms with Crippen molar-refractivity contribution in [3.63, 3.8) is 0 Å². The summed E-state index contributed by atoms with van der Waals surface area (Å²) in [6, 6.07) is 22.7. The van der Waals surface area contributed by atoms with E-state index in [0.717, 1.165) is 44.9 Å². The number of nitrogens with one attached hydrogen (secondary N) is 1. The third kappa shape index (κ3) is 11.4. The average Bonchev–Trinajstić information content (AvgIpc) is 2.91. The van der Waals surface area contributed by atoms with E-state index >= 15 is 0 Å². The molecule has 3 aromatic carbocycles. The number of phenols is 1. The van der Waals surface area contributed by atoms with Crippen molar-refractivity contribution in [3.8, 4) is 17.6 Å². The predicted molar refractivity (Wildman–Crippen MR) is 145 cm³/mol. The Morgan fingerprint density at radius 1 is 1.03 bits per heavy atom. The smallest absolute Gasteiger partial charge is 0.300 e. The van der Waals surface area contributed by atoms with Gasteiger partial charge < -0.3 is 30.5 Å². The van der Waals surface area contributed by atoms with E-state index in [1.807, 2.05) is 42.5 Å². The molecule has 0 amide bonds. The van der Waals surface area contributed by atoms with Crippen LogP contribution in [0.3, 0.4) is 0 Å². The first kappa shape index (κ1) is 30.3. The minimum Gasteiger partial charge on any atom is -0.508 e. The predicted octanol–water partition coefficient (Wildman–Crippen LogP) is 4.11. The first-order chi connectivity index (χ1) is 18.3. The summed E-state index contributed by atoms with van der Waals surface area (Å²) in [4.78, 5) is 9.00. The number of nitriles is 1. The number of carbonyl (C=O) groups is 1. The number of unbranched alkanes of at least 4 members (excludes halogenated alkanes) is 1. The van der Waals surface area contributed by atoms with Crippen molar-refractivity contribution in [2.75, 3.05) is 19.7 Å². The van der Waals surface area contributed by atoms with Gasteiger partial charge in [0.15, 0.2) is 0 Å². The van der Waals surface area contributed by atoms with Crippen LogP contribution in [0.15, 0.2) is 66.7 Å². The molecule has 0 aromatic heterocycles. The van der Waals surface area contributed by atoms with E-state index in [1.54, 1.807) is 12.1 Å². The first-order valence-electron chi connectivity index (χ1n) is 12.5. The second kappa shape index (κ2) is 16.8. The summed E-state index contributed by atoms with van der Waals surface area (Å²) >= 11 is 0. The number of ether oxygens (including phenoxy) is 1. The van der Waals surface area contributed by atoms with Crippen molar-refractivity contribution in [3.05, 3.63) is 94.5 Å². The lowest BCUT2D eigenvalue weighted by atomic mass is 10.1. The Hall–Kier alpha value is -3.90. The Bertz CT molecular complexity index is 1170. The number of benzene rings is 3. The van der Waals surface area contributed by atoms with Gasteiger partial charge in [-0.25, -0.2) is 0 Å². The molecule has 0 radical (unpaired) electrons. The van der Waals surface area contributed by atoms with Gasteiger partial charge in [-0.2, -0.15) is 5.26 Å². The van der Waals surface area contributed by atoms with Crippen molar-refractivity contribution in [1.82, 2.24) is 5.32 Å². The highest BCUT2D eigenvalue weighted by atomic mass is 16.5. The van der Waals surface area contributed by atoms with Gasteiger partial charge >= 0.3 is 0 Å². The number of aliphatic hydroxyl groups is 2. The highest BCUT2D eigenvalue weighted by molar-refractivity contribution is 5.63. The summed E-state index contributed by atoms with van der Waals surface area (Å²) < 4.78 is 5.84. The van der Waals surface area contributed by atoms with Crippen LogP contribution in [-0.2, 0) is 24.2 Å². The molecule has 5 N–H and O–H groups in total. The second-order valence-corrected chi connectivity index (χ2v) is 8.80. The number of carboxylic acids is 1. The summed E-state index contributed by atoms with van der Waals surface area (Å²) in [5, 5.41) is 48.8. The highest BCUT2D eigenvalue weighted by Crippen LogP contribution is 2.22. The van der Waals surface area contributed by atoms with Crippen LogP contribution in [0.2, 0.25) is 0 Å². The van der Waals surface area contributed by atoms with Gasteiger partial charge in [0.1, 0.15) is 11.5 Å². The number of aromatic hydroxyl groups is 1. The average molecular weight is 521 g/mol. The van der Waals surface area contributed by atoms with E-state index in [2.05, 4.69) is 17.5 Å². The molecule has 1 atom stereocenters. The lowest BCUT2D eigenvalue weighted by molar-refractivity contribution is -0.134. The monoisotopic (exact) mass is 520 g/mol. The number of aliphatic carboxylic acids is 1. The molecule has 0 saturated carbocycles. The van der Waals surface area contributed by atoms with Crippen LogP contribution in [0, 0.1) is 11.3 Å². The van der Waals surface area contributed by atoms with Crippen molar-refractivity contribution in [2.45, 2.75) is 45.3 Å². The largest absolute Gasteiger partial charge is 0.508 e. The van der Waals surface area contributed by atoms with Gasteiger partial charge in [-0.05, 0) is 85.3 Å². The molecule has 0 spiro atoms. The second-order valence-electron chi connectivity index (χ2n) is 8.80. The Morgan fingerprint density at radius 2 is 1.76 bits per heavy atom. The number of rotatable bonds is 13. The van der Waals surface area contributed by atoms with Gasteiger partial charge in [-0.3, -0.25) is 4.79 Å². The molecule has 0 saturated heterocycles. The number of nitrogens with zero attached hydrogens (tertiary/aromatic N) is 1. The van der Waals surface area contributed by atoms with Crippen LogP contribution >= 0.6 is 0 Å². The fourth-order valence-electron chi connectivity index (χ4n) is 3.70. The normalized spacial score (nSPS) is 11.1. The SMILES string of the molecule is CC(=O)O.N#Cc1cccc(CCCCOc2ccc(CCNC[C@H](O)c3ccc(O)c(CO)c3)cc2)c1. The molecule has 0 bridgehead atoms. The van der Waals surface area contributed by atoms with Gasteiger partial charge in [-0.15, -0.1) is 0 Å². The Labute approximate surface area is 223 Å². The molecule has 38 heavy (non-hydrogen) atoms. The molecule has 0 unspecified atom stereocenters. The van der Waals surface area contributed by atoms with Gasteiger partial charge in [-0.1, -0.05) is 30.3 Å². The number of hydrogen-bond donors (Lipinski definition) is 5. The Morgan fingerprint density at radius 3 is 2.45 bits per heavy atom. The lowest BCUT2D eigenvalue weighted by Gasteiger charge is -2.14. The molecule has 0 aliphatic rings. The Balaban J connectivity index is 0.00000118. The molecule has 8 heteroatoms. The maximum absolute atomic E-state index is 10.3. The summed E-state index contributed by atoms with van der Waals surface area (Å²) in [5.41, 5.74) is 4.13. The van der Waals surface area contributed by atoms with Crippen LogP contribution in [0.4, 0.5) is 0 Å². The zero-order valence-corrected chi connectivity index (χ0v) is 21.6. The number of aliphatic hydroxyl groups excluding tert-OH is 2. The molecule has 8 nitrogen and oxygen atoms in total. The minimum atomic E-state index is -0.833. The molecular weight excluding hydrogens is 484 g/mol. The number of carboxylic acid groups (broad SMARTS) is 1. The van der Waals surface area contributed by atoms with Gasteiger partial charge in [0.25, 0.3) is 5.97 Å². The number of hydrogen-bond acceptors (Lipinski definition) is 7. The fraction of sp³-hybridized carbons (Fsp3) is 0.333. The summed E-state index contributed by atoms with van der Waals surface area (Å²) in [5.74, 6) is 0.0479. The molecule has 0 heterocycles. The minimum absolute atomic E-state index is 0.0288. The zero-order valence-electron chi connectivity index (χ0n) is 21.6. The maximum atomic E-state index is 10.3. The quantitative estimate of drug-likeness (QED) is 0.212. The van der Waals surface area contributed by atoms with Crippen molar-refractivity contribution < 1.29 is 30.0 Å². The molecule has 202 valence electrons. The van der Waals surface area contributed by atoms with Crippen LogP contribution in [0.1, 0.15) is 53.7 Å². The summed E-state index contributed by atoms with van der Waals surface area (Å²) in [7, 11) is 0. The van der Waals surface area contributed by atoms with Crippen molar-refractivity contribution in [2.24, 2.45) is 0 Å². The Kier molecular flexibility index (Phi) is 13.4. The van der Waals surface area contributed by atoms with E-state index in [4.69, 9.17) is 19.9 Å². The molecule has 0 aliphatic carbocycles. The topological polar surface area (TPSA) is 143 Å². The third-order valence-electron chi connectivity index (χ3n) is 5.69. The fourth-order valence-corrected chi connectivity index (χ4v) is 3.70. The molecular formula is C30H36N2O6. The molecule has 3 aromatic rings. The van der Waals surface area contributed by atoms with E-state index < -0.39 is 12.1 Å². The van der Waals surface area contributed by atoms with Gasteiger partial charge in [0.05, 0.1) is 31.0 Å². The maximum Gasteiger partial charge on any atom is 0.300 e. The van der Waals surface area contributed by atoms with E-state index in [0.29, 0.717) is 29.8 Å². The van der Waals surface area contributed by atoms with Gasteiger partial charge in [0.2, 0.25) is 0 Å². The van der Waals surface area contributed by atoms with Crippen molar-refractivity contribution in [1.29, 1.82) is 5.26 Å². The molecule has 0 aliphatic heterocycles. The molecule has 0 fully saturated rings. The summed E-state index contributed by atoms with van der Waals surface area (Å²) in [6.07, 6.45) is 3.01. The van der Waals surface area contributed by atoms with Crippen LogP contribution in [-0.4, -0.2) is 46.1 Å². The standard InChI is InChI=1S/C28H32N2O4.C2H4O2/c29-18-23-6-3-5-22(16-23)4-1-2-15-34-26-10-7-21(8-11-26)13-14-30-19-28(33)24-9-12-27(32)25(17-24)20-31;1-2(3)4/h3,5-12,16-17,28,30-33H,1-2,4,13-15,19-20H2;1H3,(H,3,4)/t28-;/m0./s1. The van der Waals surface area contributed by atoms with E-state index in [1.165, 1.54) is 17.2 Å². The van der Waals surface area contributed by atoms with Crippen LogP contribution in [0.5, 0.6) is 11.5 Å². The zero-order chi connectivity index (χ0) is 27.8. The molecule has 3 rings (SSSR count). The van der Waals surface area contributed by atoms with Crippen LogP contribution < -0.4 is 10.1 Å². The lowest BCUT2D eigenvalue weighted by Crippen LogP contribution is -2.23. The highest BCUT2D eigenvalue weighted by Gasteiger charge is 2.10. The summed E-state index contributed by atoms with van der Waals surface area (Å²) in [6.45, 7) is 2.58. The van der Waals surface area contributed by atoms with Crippen molar-refractivity contribution >= 4 is 5.97 Å². The third-order valence-corrected chi connectivity index (χ3v) is 5.69. The van der Waals surface area contributed by atoms with Crippen LogP contribution in [0.25, 0.3) is 0 Å². The number of aryl methyl sites for hydroxylation is 1. The van der Waals surface area contributed by atoms with Gasteiger partial charge in [0, 0.05) is 19.0 Å². The van der Waals surface area contributed by atoms with E-state index in [-0.39, 0.29) is 12.4 Å². The first-order valence-corrected chi connectivity index (χ1v) is 12.5. The van der Waals surface area contributed by atoms with E-state index in [9.17, 15) is 15.3 Å².